The molecule has 0 spiro atoms. The van der Waals surface area contributed by atoms with E-state index in [1.807, 2.05) is 71.9 Å². The maximum Gasteiger partial charge on any atom is 0.307 e. The summed E-state index contributed by atoms with van der Waals surface area (Å²) in [5.74, 6) is -5.57. The number of ketones is 2. The number of rotatable bonds is 29. The molecule has 2 aliphatic rings. The summed E-state index contributed by atoms with van der Waals surface area (Å²) in [5.41, 5.74) is 0.829. The minimum absolute atomic E-state index is 0.0438. The average molecular weight is 939 g/mol. The van der Waals surface area contributed by atoms with Gasteiger partial charge in [-0.1, -0.05) is 98.6 Å². The zero-order chi connectivity index (χ0) is 50.3. The molecule has 15 nitrogen and oxygen atoms in total. The van der Waals surface area contributed by atoms with E-state index >= 15 is 0 Å². The summed E-state index contributed by atoms with van der Waals surface area (Å²) < 4.78 is 12.0. The first kappa shape index (κ1) is 56.8. The third-order valence-electron chi connectivity index (χ3n) is 14.5. The van der Waals surface area contributed by atoms with Gasteiger partial charge in [-0.05, 0) is 55.4 Å². The Morgan fingerprint density at radius 1 is 0.836 bits per heavy atom. The van der Waals surface area contributed by atoms with Crippen molar-refractivity contribution in [2.24, 2.45) is 41.4 Å². The van der Waals surface area contributed by atoms with Crippen molar-refractivity contribution in [2.45, 2.75) is 163 Å². The Bertz CT molecular complexity index is 1840. The number of carbonyl (C=O) groups excluding carboxylic acids is 7. The second-order valence-electron chi connectivity index (χ2n) is 20.0. The number of aliphatic carboxylic acids is 1. The van der Waals surface area contributed by atoms with E-state index in [4.69, 9.17) is 9.47 Å². The number of nitrogens with zero attached hydrogens (tertiary/aromatic N) is 4. The van der Waals surface area contributed by atoms with Gasteiger partial charge in [0.15, 0.2) is 5.78 Å². The van der Waals surface area contributed by atoms with E-state index in [-0.39, 0.29) is 103 Å². The molecule has 67 heavy (non-hydrogen) atoms. The quantitative estimate of drug-likeness (QED) is 0.0684. The molecule has 2 aliphatic heterocycles. The highest BCUT2D eigenvalue weighted by Gasteiger charge is 2.44. The second kappa shape index (κ2) is 26.9. The lowest BCUT2D eigenvalue weighted by Gasteiger charge is -2.41. The SMILES string of the molecule is CC[C@H](C)[C@@H]([C@@H](CC(=O)N1CCC[C@H]1[C@H](OC)[C@@H](C)C(=O)C[C@@H](Cc1ccccc1)C(=O)O)OC)N(C)C(=O)[C@@H](CC(=O)[C@H](C(C)C)N(C)C(=O)CCCCCN1C(=O)CC(C)C1=O)C(C)C. The summed E-state index contributed by atoms with van der Waals surface area (Å²) in [5, 5.41) is 10.0. The van der Waals surface area contributed by atoms with Crippen molar-refractivity contribution in [1.29, 1.82) is 0 Å². The minimum atomic E-state index is -1.05. The highest BCUT2D eigenvalue weighted by atomic mass is 16.5. The molecule has 0 saturated carbocycles. The van der Waals surface area contributed by atoms with Crippen LogP contribution in [-0.4, -0.2) is 144 Å². The first-order valence-corrected chi connectivity index (χ1v) is 24.6. The van der Waals surface area contributed by atoms with Gasteiger partial charge in [0.05, 0.1) is 42.7 Å². The maximum absolute atomic E-state index is 14.6. The number of carbonyl (C=O) groups is 8. The zero-order valence-corrected chi connectivity index (χ0v) is 42.5. The summed E-state index contributed by atoms with van der Waals surface area (Å²) in [6, 6.07) is 7.50. The third kappa shape index (κ3) is 15.2. The van der Waals surface area contributed by atoms with Crippen LogP contribution in [0.15, 0.2) is 30.3 Å². The number of imide groups is 1. The van der Waals surface area contributed by atoms with Crippen molar-refractivity contribution in [2.75, 3.05) is 41.4 Å². The number of hydrogen-bond acceptors (Lipinski definition) is 10. The number of benzene rings is 1. The van der Waals surface area contributed by atoms with Crippen LogP contribution in [0.25, 0.3) is 0 Å². The molecular formula is C52H82N4O11. The largest absolute Gasteiger partial charge is 0.481 e. The van der Waals surface area contributed by atoms with Crippen LogP contribution in [0.5, 0.6) is 0 Å². The molecule has 1 aromatic rings. The molecule has 1 N–H and O–H groups in total. The van der Waals surface area contributed by atoms with E-state index in [0.717, 1.165) is 5.56 Å². The first-order valence-electron chi connectivity index (χ1n) is 24.6. The number of hydrogen-bond donors (Lipinski definition) is 1. The summed E-state index contributed by atoms with van der Waals surface area (Å²) in [6.45, 7) is 15.9. The molecule has 3 rings (SSSR count). The van der Waals surface area contributed by atoms with E-state index in [2.05, 4.69) is 0 Å². The lowest BCUT2D eigenvalue weighted by atomic mass is 9.83. The molecule has 0 aliphatic carbocycles. The Morgan fingerprint density at radius 3 is 2.03 bits per heavy atom. The number of ether oxygens (including phenoxy) is 2. The standard InChI is InChI=1S/C52H82N4O11/c1-13-34(6)48(43(66-11)31-46(61)55-26-20-23-40(55)49(67-12)36(8)41(57)29-38(52(64)65)28-37-21-16-14-17-22-37)54(10)51(63)39(32(2)3)30-42(58)47(33(4)5)53(9)44(59)24-18-15-19-25-56-45(60)27-35(7)50(56)62/h14,16-17,21-22,32-36,38-40,43,47-49H,13,15,18-20,23-31H2,1-12H3,(H,64,65)/t34-,35?,36-,38+,39-,40-,43+,47-,48-,49+/m0/s1. The topological polar surface area (TPSA) is 188 Å². The summed E-state index contributed by atoms with van der Waals surface area (Å²) >= 11 is 0. The highest BCUT2D eigenvalue weighted by Crippen LogP contribution is 2.32. The Labute approximate surface area is 400 Å². The monoisotopic (exact) mass is 939 g/mol. The van der Waals surface area contributed by atoms with Gasteiger partial charge in [-0.2, -0.15) is 0 Å². The normalized spacial score (nSPS) is 20.0. The van der Waals surface area contributed by atoms with Crippen LogP contribution in [0, 0.1) is 41.4 Å². The number of Topliss-reactive ketones (excluding diaryl/α,β-unsaturated/α-hetero) is 2. The second-order valence-corrected chi connectivity index (χ2v) is 20.0. The highest BCUT2D eigenvalue weighted by molar-refractivity contribution is 6.03. The Hall–Kier alpha value is -4.50. The lowest BCUT2D eigenvalue weighted by Crippen LogP contribution is -2.54. The van der Waals surface area contributed by atoms with Crippen LogP contribution in [0.3, 0.4) is 0 Å². The Balaban J connectivity index is 1.71. The zero-order valence-electron chi connectivity index (χ0n) is 42.5. The van der Waals surface area contributed by atoms with Gasteiger partial charge in [-0.15, -0.1) is 0 Å². The Kier molecular flexibility index (Phi) is 22.8. The van der Waals surface area contributed by atoms with Crippen molar-refractivity contribution in [3.63, 3.8) is 0 Å². The van der Waals surface area contributed by atoms with Crippen LogP contribution in [0.4, 0.5) is 0 Å². The number of unbranched alkanes of at least 4 members (excludes halogenated alkanes) is 2. The van der Waals surface area contributed by atoms with E-state index < -0.39 is 54.1 Å². The average Bonchev–Trinajstić information content (AvgIpc) is 3.87. The van der Waals surface area contributed by atoms with Gasteiger partial charge in [-0.3, -0.25) is 43.3 Å². The van der Waals surface area contributed by atoms with Gasteiger partial charge >= 0.3 is 5.97 Å². The van der Waals surface area contributed by atoms with E-state index in [1.54, 1.807) is 37.7 Å². The first-order chi connectivity index (χ1) is 31.6. The van der Waals surface area contributed by atoms with Crippen molar-refractivity contribution in [3.8, 4) is 0 Å². The predicted octanol–water partition coefficient (Wildman–Crippen LogP) is 6.48. The summed E-state index contributed by atoms with van der Waals surface area (Å²) in [6.07, 6.45) is 2.76. The molecule has 5 amide bonds. The van der Waals surface area contributed by atoms with Crippen LogP contribution in [0.2, 0.25) is 0 Å². The number of likely N-dealkylation sites (tertiary alicyclic amines) is 2. The minimum Gasteiger partial charge on any atom is -0.481 e. The number of amides is 5. The van der Waals surface area contributed by atoms with Gasteiger partial charge in [-0.25, -0.2) is 0 Å². The fraction of sp³-hybridized carbons (Fsp3) is 0.731. The molecule has 1 unspecified atom stereocenters. The van der Waals surface area contributed by atoms with E-state index in [9.17, 15) is 43.5 Å². The fourth-order valence-electron chi connectivity index (χ4n) is 10.3. The van der Waals surface area contributed by atoms with Crippen LogP contribution in [0.1, 0.15) is 132 Å². The molecule has 2 heterocycles. The van der Waals surface area contributed by atoms with Crippen molar-refractivity contribution < 1.29 is 52.9 Å². The lowest BCUT2D eigenvalue weighted by molar-refractivity contribution is -0.150. The van der Waals surface area contributed by atoms with Crippen LogP contribution >= 0.6 is 0 Å². The molecular weight excluding hydrogens is 857 g/mol. The molecule has 376 valence electrons. The van der Waals surface area contributed by atoms with Gasteiger partial charge in [0.1, 0.15) is 5.78 Å². The number of methoxy groups -OCH3 is 2. The number of likely N-dealkylation sites (N-methyl/N-ethyl adjacent to an activating group) is 2. The number of carboxylic acids is 1. The fourth-order valence-corrected chi connectivity index (χ4v) is 10.3. The number of carboxylic acid groups (broad SMARTS) is 1. The molecule has 15 heteroatoms. The van der Waals surface area contributed by atoms with Crippen LogP contribution in [-0.2, 0) is 54.3 Å². The smallest absolute Gasteiger partial charge is 0.307 e. The Morgan fingerprint density at radius 2 is 1.49 bits per heavy atom. The van der Waals surface area contributed by atoms with Crippen LogP contribution < -0.4 is 0 Å². The van der Waals surface area contributed by atoms with Gasteiger partial charge in [0.2, 0.25) is 29.5 Å². The van der Waals surface area contributed by atoms with E-state index in [0.29, 0.717) is 51.6 Å². The van der Waals surface area contributed by atoms with Crippen molar-refractivity contribution >= 4 is 47.1 Å². The maximum atomic E-state index is 14.6. The van der Waals surface area contributed by atoms with Gasteiger partial charge in [0.25, 0.3) is 0 Å². The van der Waals surface area contributed by atoms with E-state index in [1.165, 1.54) is 24.0 Å². The molecule has 0 bridgehead atoms. The van der Waals surface area contributed by atoms with Gasteiger partial charge < -0.3 is 29.3 Å². The third-order valence-corrected chi connectivity index (χ3v) is 14.5. The molecule has 10 atom stereocenters. The van der Waals surface area contributed by atoms with Gasteiger partial charge in [0, 0.05) is 84.8 Å². The molecule has 2 saturated heterocycles. The molecule has 0 radical (unpaired) electrons. The van der Waals surface area contributed by atoms with Crippen molar-refractivity contribution in [1.82, 2.24) is 19.6 Å². The van der Waals surface area contributed by atoms with Crippen molar-refractivity contribution in [3.05, 3.63) is 35.9 Å². The summed E-state index contributed by atoms with van der Waals surface area (Å²) in [7, 11) is 6.37. The molecule has 2 fully saturated rings. The summed E-state index contributed by atoms with van der Waals surface area (Å²) in [4.78, 5) is 113. The molecule has 0 aromatic heterocycles. The molecule has 1 aromatic carbocycles. The predicted molar refractivity (Wildman–Crippen MR) is 255 cm³/mol.